The van der Waals surface area contributed by atoms with Gasteiger partial charge in [-0.25, -0.2) is 4.57 Å². The molecule has 5 aromatic carbocycles. The van der Waals surface area contributed by atoms with Crippen LogP contribution in [0.25, 0.3) is 0 Å². The molecule has 1 aliphatic rings. The monoisotopic (exact) mass is 998 g/mol. The lowest BCUT2D eigenvalue weighted by Gasteiger charge is -2.54. The maximum atomic E-state index is 15.8. The molecule has 374 valence electrons. The predicted molar refractivity (Wildman–Crippen MR) is 277 cm³/mol. The van der Waals surface area contributed by atoms with Gasteiger partial charge in [0.25, 0.3) is 0 Å². The van der Waals surface area contributed by atoms with Gasteiger partial charge in [0.1, 0.15) is 48.1 Å². The number of benzene rings is 5. The molecule has 1 aliphatic carbocycles. The first-order valence-electron chi connectivity index (χ1n) is 23.9. The minimum absolute atomic E-state index is 0.0477. The van der Waals surface area contributed by atoms with Crippen LogP contribution < -0.4 is 9.47 Å². The molecular formula is C55H75O11PSi2. The molecule has 5 aromatic rings. The van der Waals surface area contributed by atoms with E-state index in [1.165, 1.54) is 0 Å². The number of ether oxygens (including phenoxy) is 5. The van der Waals surface area contributed by atoms with E-state index in [-0.39, 0.29) is 43.1 Å². The maximum Gasteiger partial charge on any atom is 0.475 e. The molecule has 0 N–H and O–H groups in total. The van der Waals surface area contributed by atoms with Gasteiger partial charge in [-0.15, -0.1) is 0 Å². The van der Waals surface area contributed by atoms with Crippen LogP contribution in [0.5, 0.6) is 11.5 Å². The molecule has 0 aromatic heterocycles. The van der Waals surface area contributed by atoms with Gasteiger partial charge in [0.2, 0.25) is 0 Å². The molecule has 14 heteroatoms. The Morgan fingerprint density at radius 2 is 0.696 bits per heavy atom. The molecule has 0 spiro atoms. The van der Waals surface area contributed by atoms with Gasteiger partial charge in [0, 0.05) is 0 Å². The molecule has 1 saturated carbocycles. The van der Waals surface area contributed by atoms with Crippen LogP contribution in [0.3, 0.4) is 0 Å². The molecule has 6 rings (SSSR count). The van der Waals surface area contributed by atoms with Crippen molar-refractivity contribution in [2.24, 2.45) is 0 Å². The van der Waals surface area contributed by atoms with Crippen LogP contribution >= 0.6 is 7.82 Å². The quantitative estimate of drug-likeness (QED) is 0.0461. The Bertz CT molecular complexity index is 2290. The van der Waals surface area contributed by atoms with Crippen molar-refractivity contribution in [2.45, 2.75) is 147 Å². The second kappa shape index (κ2) is 24.0. The number of methoxy groups -OCH3 is 2. The Labute approximate surface area is 413 Å². The average Bonchev–Trinajstić information content (AvgIpc) is 3.32. The van der Waals surface area contributed by atoms with E-state index in [1.54, 1.807) is 14.2 Å². The third kappa shape index (κ3) is 15.0. The highest BCUT2D eigenvalue weighted by Gasteiger charge is 2.60. The van der Waals surface area contributed by atoms with Gasteiger partial charge >= 0.3 is 7.82 Å². The van der Waals surface area contributed by atoms with Crippen LogP contribution in [0.1, 0.15) is 69.4 Å². The van der Waals surface area contributed by atoms with Crippen LogP contribution in [0.4, 0.5) is 0 Å². The van der Waals surface area contributed by atoms with E-state index in [0.717, 1.165) is 39.3 Å². The Kier molecular flexibility index (Phi) is 18.9. The summed E-state index contributed by atoms with van der Waals surface area (Å²) in [6.45, 7) is 22.5. The maximum absolute atomic E-state index is 15.8. The fraction of sp³-hybridized carbons (Fsp3) is 0.455. The summed E-state index contributed by atoms with van der Waals surface area (Å²) in [7, 11) is -6.64. The number of rotatable bonds is 23. The van der Waals surface area contributed by atoms with E-state index in [2.05, 4.69) is 67.7 Å². The summed E-state index contributed by atoms with van der Waals surface area (Å²) in [6.07, 6.45) is -5.55. The smallest absolute Gasteiger partial charge is 0.475 e. The van der Waals surface area contributed by atoms with Gasteiger partial charge in [0.15, 0.2) is 16.6 Å². The minimum atomic E-state index is -4.52. The number of hydrogen-bond donors (Lipinski definition) is 0. The summed E-state index contributed by atoms with van der Waals surface area (Å²) in [5, 5.41) is -0.480. The van der Waals surface area contributed by atoms with Crippen molar-refractivity contribution in [1.29, 1.82) is 0 Å². The van der Waals surface area contributed by atoms with Gasteiger partial charge in [0.05, 0.1) is 47.3 Å². The van der Waals surface area contributed by atoms with Crippen molar-refractivity contribution in [1.82, 2.24) is 0 Å². The van der Waals surface area contributed by atoms with E-state index in [9.17, 15) is 0 Å². The second-order valence-electron chi connectivity index (χ2n) is 20.7. The fourth-order valence-electron chi connectivity index (χ4n) is 7.41. The lowest BCUT2D eigenvalue weighted by atomic mass is 9.84. The molecule has 0 bridgehead atoms. The molecular weight excluding hydrogens is 924 g/mol. The van der Waals surface area contributed by atoms with E-state index in [1.807, 2.05) is 140 Å². The predicted octanol–water partition coefficient (Wildman–Crippen LogP) is 13.5. The van der Waals surface area contributed by atoms with E-state index in [4.69, 9.17) is 46.1 Å². The van der Waals surface area contributed by atoms with E-state index >= 15 is 4.57 Å². The van der Waals surface area contributed by atoms with Crippen molar-refractivity contribution in [3.8, 4) is 11.5 Å². The summed E-state index contributed by atoms with van der Waals surface area (Å²) in [5.74, 6) is 1.46. The molecule has 0 saturated heterocycles. The summed E-state index contributed by atoms with van der Waals surface area (Å²) < 4.78 is 83.7. The zero-order chi connectivity index (χ0) is 49.9. The highest BCUT2D eigenvalue weighted by atomic mass is 31.2. The van der Waals surface area contributed by atoms with Crippen LogP contribution in [-0.4, -0.2) is 67.5 Å². The van der Waals surface area contributed by atoms with Gasteiger partial charge < -0.3 is 32.5 Å². The third-order valence-corrected chi connectivity index (χ3v) is 24.0. The molecule has 0 aliphatic heterocycles. The molecule has 0 radical (unpaired) electrons. The van der Waals surface area contributed by atoms with Crippen LogP contribution in [0, 0.1) is 0 Å². The van der Waals surface area contributed by atoms with Gasteiger partial charge in [-0.2, -0.15) is 0 Å². The Hall–Kier alpha value is -3.96. The van der Waals surface area contributed by atoms with Crippen LogP contribution in [-0.2, 0) is 74.2 Å². The molecule has 0 unspecified atom stereocenters. The highest BCUT2D eigenvalue weighted by molar-refractivity contribution is 7.48. The van der Waals surface area contributed by atoms with Gasteiger partial charge in [-0.1, -0.05) is 157 Å². The Morgan fingerprint density at radius 3 is 1.00 bits per heavy atom. The second-order valence-corrected chi connectivity index (χ2v) is 31.9. The number of phosphoric ester groups is 1. The fourth-order valence-corrected chi connectivity index (χ4v) is 11.4. The van der Waals surface area contributed by atoms with Crippen molar-refractivity contribution in [3.05, 3.63) is 167 Å². The molecule has 0 heterocycles. The molecule has 1 fully saturated rings. The summed E-state index contributed by atoms with van der Waals surface area (Å²) in [6, 6.07) is 44.6. The lowest BCUT2D eigenvalue weighted by molar-refractivity contribution is -0.252. The summed E-state index contributed by atoms with van der Waals surface area (Å²) in [5.41, 5.74) is 4.32. The van der Waals surface area contributed by atoms with E-state index in [0.29, 0.717) is 0 Å². The van der Waals surface area contributed by atoms with Crippen molar-refractivity contribution < 1.29 is 50.7 Å². The largest absolute Gasteiger partial charge is 0.497 e. The van der Waals surface area contributed by atoms with Crippen molar-refractivity contribution in [3.63, 3.8) is 0 Å². The minimum Gasteiger partial charge on any atom is -0.497 e. The lowest BCUT2D eigenvalue weighted by Crippen LogP contribution is -2.70. The van der Waals surface area contributed by atoms with Gasteiger partial charge in [-0.05, 0) is 88.3 Å². The van der Waals surface area contributed by atoms with Gasteiger partial charge in [-0.3, -0.25) is 13.6 Å². The first kappa shape index (κ1) is 54.4. The van der Waals surface area contributed by atoms with Crippen LogP contribution in [0.2, 0.25) is 36.3 Å². The Balaban J connectivity index is 1.57. The summed E-state index contributed by atoms with van der Waals surface area (Å²) in [4.78, 5) is 0. The highest BCUT2D eigenvalue weighted by Crippen LogP contribution is 2.55. The standard InChI is InChI=1S/C55H75O11PSi2/c1-54(2,3)68(9,10)65-52-48(59-36-41-22-16-13-17-23-41)51(64-67(56,62-39-42-24-18-14-19-25-42)63-40-43-26-20-15-21-27-43)49(60-37-44-28-32-46(57-7)33-29-44)53(66-69(11,12)55(4,5)6)50(52)61-38-45-30-34-47(58-8)35-31-45/h13-35,48-53H,36-40H2,1-12H3/t48-,49-,50+,51+,52-,53+/m1/s1. The third-order valence-electron chi connectivity index (χ3n) is 13.6. The number of hydrogen-bond acceptors (Lipinski definition) is 11. The molecule has 6 atom stereocenters. The summed E-state index contributed by atoms with van der Waals surface area (Å²) >= 11 is 0. The van der Waals surface area contributed by atoms with Crippen molar-refractivity contribution in [2.75, 3.05) is 14.2 Å². The number of phosphoric acid groups is 1. The molecule has 0 amide bonds. The first-order chi connectivity index (χ1) is 32.7. The zero-order valence-corrected chi connectivity index (χ0v) is 45.6. The van der Waals surface area contributed by atoms with E-state index < -0.39 is 61.1 Å². The molecule has 69 heavy (non-hydrogen) atoms. The SMILES string of the molecule is COc1ccc(CO[C@@H]2[C@@H](O[Si](C)(C)C(C)(C)C)[C@H](OCc3ccc(OC)cc3)[C@@H](OP(=O)(OCc3ccccc3)OCc3ccccc3)[C@@H](OCc3ccccc3)[C@H]2O[Si](C)(C)C(C)(C)C)cc1. The Morgan fingerprint density at radius 1 is 0.406 bits per heavy atom. The first-order valence-corrected chi connectivity index (χ1v) is 31.1. The normalized spacial score (nSPS) is 20.4. The average molecular weight is 999 g/mol. The van der Waals surface area contributed by atoms with Crippen LogP contribution in [0.15, 0.2) is 140 Å². The van der Waals surface area contributed by atoms with Crippen molar-refractivity contribution >= 4 is 24.5 Å². The topological polar surface area (TPSA) is 109 Å². The zero-order valence-electron chi connectivity index (χ0n) is 42.7. The molecule has 11 nitrogen and oxygen atoms in total.